The molecule has 1 amide bonds. The molecular weight excluding hydrogens is 408 g/mol. The number of aromatic nitrogens is 1. The first-order valence-corrected chi connectivity index (χ1v) is 10.5. The molecule has 5 nitrogen and oxygen atoms in total. The highest BCUT2D eigenvalue weighted by atomic mass is 32.1. The van der Waals surface area contributed by atoms with E-state index in [1.807, 2.05) is 30.1 Å². The average Bonchev–Trinajstić information content (AvgIpc) is 3.22. The Morgan fingerprint density at radius 1 is 1.10 bits per heavy atom. The van der Waals surface area contributed by atoms with Crippen LogP contribution in [0, 0.1) is 11.6 Å². The van der Waals surface area contributed by atoms with Crippen molar-refractivity contribution in [2.75, 3.05) is 33.2 Å². The fraction of sp³-hybridized carbons (Fsp3) is 0.273. The van der Waals surface area contributed by atoms with Crippen LogP contribution in [0.5, 0.6) is 5.75 Å². The molecule has 4 rings (SSSR count). The molecule has 2 heterocycles. The van der Waals surface area contributed by atoms with Crippen LogP contribution in [0.3, 0.4) is 0 Å². The first-order chi connectivity index (χ1) is 14.5. The minimum absolute atomic E-state index is 0.0180. The second-order valence-corrected chi connectivity index (χ2v) is 8.05. The molecule has 1 aliphatic rings. The number of thiazole rings is 1. The van der Waals surface area contributed by atoms with E-state index in [0.717, 1.165) is 24.7 Å². The third-order valence-corrected chi connectivity index (χ3v) is 5.82. The number of halogens is 2. The summed E-state index contributed by atoms with van der Waals surface area (Å²) in [4.78, 5) is 21.3. The van der Waals surface area contributed by atoms with Gasteiger partial charge in [-0.3, -0.25) is 4.79 Å². The first kappa shape index (κ1) is 20.4. The summed E-state index contributed by atoms with van der Waals surface area (Å²) in [5.41, 5.74) is 1.55. The SMILES string of the molecule is CN1CCN(C(=O)c2csc(-c3ccccc3OCc3cc(F)cc(F)c3)n2)CC1. The molecule has 0 atom stereocenters. The highest BCUT2D eigenvalue weighted by Gasteiger charge is 2.23. The van der Waals surface area contributed by atoms with Gasteiger partial charge in [0.25, 0.3) is 5.91 Å². The first-order valence-electron chi connectivity index (χ1n) is 9.60. The molecule has 1 saturated heterocycles. The molecule has 0 aliphatic carbocycles. The monoisotopic (exact) mass is 429 g/mol. The van der Waals surface area contributed by atoms with Gasteiger partial charge >= 0.3 is 0 Å². The molecule has 0 unspecified atom stereocenters. The van der Waals surface area contributed by atoms with E-state index >= 15 is 0 Å². The number of piperazine rings is 1. The van der Waals surface area contributed by atoms with Crippen LogP contribution in [0.1, 0.15) is 16.1 Å². The van der Waals surface area contributed by atoms with Gasteiger partial charge in [-0.05, 0) is 36.9 Å². The fourth-order valence-corrected chi connectivity index (χ4v) is 4.12. The minimum atomic E-state index is -0.645. The average molecular weight is 429 g/mol. The number of hydrogen-bond acceptors (Lipinski definition) is 5. The Labute approximate surface area is 177 Å². The Balaban J connectivity index is 1.50. The zero-order valence-corrected chi connectivity index (χ0v) is 17.3. The maximum atomic E-state index is 13.4. The number of nitrogens with zero attached hydrogens (tertiary/aromatic N) is 3. The van der Waals surface area contributed by atoms with E-state index in [-0.39, 0.29) is 12.5 Å². The van der Waals surface area contributed by atoms with Crippen molar-refractivity contribution in [3.8, 4) is 16.3 Å². The number of amides is 1. The second kappa shape index (κ2) is 8.89. The summed E-state index contributed by atoms with van der Waals surface area (Å²) in [5.74, 6) is -0.822. The summed E-state index contributed by atoms with van der Waals surface area (Å²) in [6.45, 7) is 3.09. The quantitative estimate of drug-likeness (QED) is 0.614. The third kappa shape index (κ3) is 4.66. The lowest BCUT2D eigenvalue weighted by Gasteiger charge is -2.31. The van der Waals surface area contributed by atoms with E-state index in [4.69, 9.17) is 4.74 Å². The lowest BCUT2D eigenvalue weighted by molar-refractivity contribution is 0.0659. The topological polar surface area (TPSA) is 45.7 Å². The standard InChI is InChI=1S/C22H21F2N3O2S/c1-26-6-8-27(9-7-26)22(28)19-14-30-21(25-19)18-4-2-3-5-20(18)29-13-15-10-16(23)12-17(24)11-15/h2-5,10-12,14H,6-9,13H2,1H3. The number of benzene rings is 2. The van der Waals surface area contributed by atoms with Gasteiger partial charge < -0.3 is 14.5 Å². The molecular formula is C22H21F2N3O2S. The van der Waals surface area contributed by atoms with E-state index in [0.29, 0.717) is 35.1 Å². The highest BCUT2D eigenvalue weighted by Crippen LogP contribution is 2.33. The molecule has 0 saturated carbocycles. The second-order valence-electron chi connectivity index (χ2n) is 7.20. The van der Waals surface area contributed by atoms with Crippen molar-refractivity contribution in [3.05, 3.63) is 70.7 Å². The molecule has 0 N–H and O–H groups in total. The van der Waals surface area contributed by atoms with Gasteiger partial charge in [-0.25, -0.2) is 13.8 Å². The maximum absolute atomic E-state index is 13.4. The summed E-state index contributed by atoms with van der Waals surface area (Å²) < 4.78 is 32.6. The summed E-state index contributed by atoms with van der Waals surface area (Å²) >= 11 is 1.37. The molecule has 0 radical (unpaired) electrons. The fourth-order valence-electron chi connectivity index (χ4n) is 3.29. The van der Waals surface area contributed by atoms with Crippen LogP contribution >= 0.6 is 11.3 Å². The summed E-state index contributed by atoms with van der Waals surface area (Å²) in [6.07, 6.45) is 0. The van der Waals surface area contributed by atoms with Crippen LogP contribution in [0.4, 0.5) is 8.78 Å². The van der Waals surface area contributed by atoms with Gasteiger partial charge in [-0.15, -0.1) is 11.3 Å². The molecule has 3 aromatic rings. The Kier molecular flexibility index (Phi) is 6.06. The largest absolute Gasteiger partial charge is 0.488 e. The van der Waals surface area contributed by atoms with E-state index in [1.165, 1.54) is 23.5 Å². The van der Waals surface area contributed by atoms with Gasteiger partial charge in [0.1, 0.15) is 34.7 Å². The predicted octanol–water partition coefficient (Wildman–Crippen LogP) is 4.05. The van der Waals surface area contributed by atoms with Crippen LogP contribution in [-0.4, -0.2) is 53.9 Å². The van der Waals surface area contributed by atoms with E-state index in [2.05, 4.69) is 9.88 Å². The van der Waals surface area contributed by atoms with Crippen molar-refractivity contribution in [3.63, 3.8) is 0 Å². The van der Waals surface area contributed by atoms with Crippen LogP contribution < -0.4 is 4.74 Å². The lowest BCUT2D eigenvalue weighted by atomic mass is 10.2. The molecule has 156 valence electrons. The van der Waals surface area contributed by atoms with Gasteiger partial charge in [0.05, 0.1) is 5.56 Å². The highest BCUT2D eigenvalue weighted by molar-refractivity contribution is 7.13. The molecule has 0 spiro atoms. The smallest absolute Gasteiger partial charge is 0.273 e. The maximum Gasteiger partial charge on any atom is 0.273 e. The molecule has 1 aromatic heterocycles. The number of ether oxygens (including phenoxy) is 1. The van der Waals surface area contributed by atoms with Gasteiger partial charge in [0, 0.05) is 37.6 Å². The van der Waals surface area contributed by atoms with E-state index in [9.17, 15) is 13.6 Å². The summed E-state index contributed by atoms with van der Waals surface area (Å²) in [5, 5.41) is 2.42. The Morgan fingerprint density at radius 2 is 1.80 bits per heavy atom. The van der Waals surface area contributed by atoms with E-state index < -0.39 is 11.6 Å². The zero-order chi connectivity index (χ0) is 21.1. The number of carbonyl (C=O) groups is 1. The van der Waals surface area contributed by atoms with Crippen molar-refractivity contribution in [1.29, 1.82) is 0 Å². The molecule has 2 aromatic carbocycles. The van der Waals surface area contributed by atoms with E-state index in [1.54, 1.807) is 11.4 Å². The van der Waals surface area contributed by atoms with Gasteiger partial charge in [0.2, 0.25) is 0 Å². The molecule has 1 aliphatic heterocycles. The minimum Gasteiger partial charge on any atom is -0.488 e. The number of para-hydroxylation sites is 1. The molecule has 1 fully saturated rings. The van der Waals surface area contributed by atoms with Crippen LogP contribution in [0.2, 0.25) is 0 Å². The van der Waals surface area contributed by atoms with Crippen LogP contribution in [0.25, 0.3) is 10.6 Å². The molecule has 8 heteroatoms. The zero-order valence-electron chi connectivity index (χ0n) is 16.5. The summed E-state index contributed by atoms with van der Waals surface area (Å²) in [6, 6.07) is 10.6. The normalized spacial score (nSPS) is 14.7. The number of likely N-dealkylation sites (N-methyl/N-ethyl adjacent to an activating group) is 1. The lowest BCUT2D eigenvalue weighted by Crippen LogP contribution is -2.47. The van der Waals surface area contributed by atoms with Gasteiger partial charge in [-0.2, -0.15) is 0 Å². The van der Waals surface area contributed by atoms with Crippen LogP contribution in [-0.2, 0) is 6.61 Å². The van der Waals surface area contributed by atoms with Crippen molar-refractivity contribution in [2.24, 2.45) is 0 Å². The van der Waals surface area contributed by atoms with Gasteiger partial charge in [-0.1, -0.05) is 12.1 Å². The predicted molar refractivity (Wildman–Crippen MR) is 112 cm³/mol. The number of rotatable bonds is 5. The van der Waals surface area contributed by atoms with Crippen molar-refractivity contribution < 1.29 is 18.3 Å². The number of carbonyl (C=O) groups excluding carboxylic acids is 1. The van der Waals surface area contributed by atoms with Crippen LogP contribution in [0.15, 0.2) is 47.8 Å². The summed E-state index contributed by atoms with van der Waals surface area (Å²) in [7, 11) is 2.04. The number of hydrogen-bond donors (Lipinski definition) is 0. The van der Waals surface area contributed by atoms with Crippen molar-refractivity contribution >= 4 is 17.2 Å². The molecule has 30 heavy (non-hydrogen) atoms. The van der Waals surface area contributed by atoms with Crippen molar-refractivity contribution in [2.45, 2.75) is 6.61 Å². The molecule has 0 bridgehead atoms. The Hall–Kier alpha value is -2.84. The van der Waals surface area contributed by atoms with Crippen molar-refractivity contribution in [1.82, 2.24) is 14.8 Å². The Bertz CT molecular complexity index is 1030. The Morgan fingerprint density at radius 3 is 2.53 bits per heavy atom. The third-order valence-electron chi connectivity index (χ3n) is 4.95. The van der Waals surface area contributed by atoms with Gasteiger partial charge in [0.15, 0.2) is 0 Å².